The molecule has 1 aromatic rings. The van der Waals surface area contributed by atoms with E-state index in [1.165, 1.54) is 0 Å². The zero-order valence-electron chi connectivity index (χ0n) is 15.6. The molecule has 1 aromatic carbocycles. The second kappa shape index (κ2) is 8.46. The molecule has 7 nitrogen and oxygen atoms in total. The monoisotopic (exact) mass is 377 g/mol. The second-order valence-electron chi connectivity index (χ2n) is 7.11. The van der Waals surface area contributed by atoms with Crippen LogP contribution in [0.25, 0.3) is 0 Å². The molecular weight excluding hydrogens is 350 g/mol. The first-order valence-electron chi connectivity index (χ1n) is 9.79. The van der Waals surface area contributed by atoms with Gasteiger partial charge in [0.05, 0.1) is 25.7 Å². The van der Waals surface area contributed by atoms with E-state index in [9.17, 15) is 4.79 Å². The summed E-state index contributed by atoms with van der Waals surface area (Å²) in [5.41, 5.74) is 1.07. The molecule has 3 atom stereocenters. The Hall–Kier alpha value is -1.83. The van der Waals surface area contributed by atoms with Crippen LogP contribution in [0.4, 0.5) is 0 Å². The molecule has 7 heteroatoms. The lowest BCUT2D eigenvalue weighted by atomic mass is 9.83. The van der Waals surface area contributed by atoms with E-state index in [1.807, 2.05) is 25.1 Å². The fourth-order valence-corrected chi connectivity index (χ4v) is 4.15. The third-order valence-corrected chi connectivity index (χ3v) is 5.46. The Balaban J connectivity index is 1.48. The first-order valence-corrected chi connectivity index (χ1v) is 9.79. The van der Waals surface area contributed by atoms with Crippen LogP contribution >= 0.6 is 0 Å². The summed E-state index contributed by atoms with van der Waals surface area (Å²) in [6.45, 7) is 4.67. The summed E-state index contributed by atoms with van der Waals surface area (Å²) >= 11 is 0. The number of rotatable bonds is 6. The summed E-state index contributed by atoms with van der Waals surface area (Å²) in [5, 5.41) is 3.52. The zero-order valence-corrected chi connectivity index (χ0v) is 15.6. The van der Waals surface area contributed by atoms with Crippen molar-refractivity contribution in [1.82, 2.24) is 5.32 Å². The van der Waals surface area contributed by atoms with E-state index in [2.05, 4.69) is 5.32 Å². The number of hydrogen-bond donors (Lipinski definition) is 1. The number of benzene rings is 1. The molecule has 0 unspecified atom stereocenters. The highest BCUT2D eigenvalue weighted by Crippen LogP contribution is 2.40. The van der Waals surface area contributed by atoms with Crippen LogP contribution in [0.1, 0.15) is 37.7 Å². The van der Waals surface area contributed by atoms with Gasteiger partial charge in [-0.05, 0) is 43.9 Å². The van der Waals surface area contributed by atoms with Crippen molar-refractivity contribution in [1.29, 1.82) is 0 Å². The van der Waals surface area contributed by atoms with Crippen molar-refractivity contribution < 1.29 is 28.5 Å². The predicted octanol–water partition coefficient (Wildman–Crippen LogP) is 2.19. The van der Waals surface area contributed by atoms with Crippen LogP contribution in [0.15, 0.2) is 18.2 Å². The molecule has 0 bridgehead atoms. The lowest BCUT2D eigenvalue weighted by Crippen LogP contribution is -2.35. The normalized spacial score (nSPS) is 27.7. The van der Waals surface area contributed by atoms with Crippen molar-refractivity contribution in [3.63, 3.8) is 0 Å². The summed E-state index contributed by atoms with van der Waals surface area (Å²) in [5.74, 6) is 1.13. The number of hydrogen-bond acceptors (Lipinski definition) is 7. The highest BCUT2D eigenvalue weighted by atomic mass is 16.7. The Morgan fingerprint density at radius 2 is 2.00 bits per heavy atom. The molecule has 27 heavy (non-hydrogen) atoms. The van der Waals surface area contributed by atoms with Crippen molar-refractivity contribution in [2.75, 3.05) is 33.2 Å². The predicted molar refractivity (Wildman–Crippen MR) is 96.8 cm³/mol. The van der Waals surface area contributed by atoms with Crippen molar-refractivity contribution in [2.45, 2.75) is 44.4 Å². The average Bonchev–Trinajstić information content (AvgIpc) is 3.33. The van der Waals surface area contributed by atoms with E-state index >= 15 is 0 Å². The maximum absolute atomic E-state index is 12.7. The van der Waals surface area contributed by atoms with Crippen LogP contribution in [0.5, 0.6) is 11.5 Å². The molecular formula is C20H27NO6. The van der Waals surface area contributed by atoms with Crippen molar-refractivity contribution in [2.24, 2.45) is 5.92 Å². The van der Waals surface area contributed by atoms with Gasteiger partial charge in [-0.2, -0.15) is 0 Å². The molecule has 3 aliphatic heterocycles. The first-order chi connectivity index (χ1) is 13.3. The van der Waals surface area contributed by atoms with Gasteiger partial charge in [-0.3, -0.25) is 4.79 Å². The third-order valence-electron chi connectivity index (χ3n) is 5.46. The molecule has 0 radical (unpaired) electrons. The summed E-state index contributed by atoms with van der Waals surface area (Å²) in [6.07, 6.45) is 2.33. The van der Waals surface area contributed by atoms with Gasteiger partial charge in [0.15, 0.2) is 17.8 Å². The minimum Gasteiger partial charge on any atom is -0.466 e. The maximum atomic E-state index is 12.7. The molecule has 0 spiro atoms. The van der Waals surface area contributed by atoms with E-state index in [1.54, 1.807) is 0 Å². The molecule has 148 valence electrons. The molecule has 4 rings (SSSR count). The minimum absolute atomic E-state index is 0.0357. The Labute approximate surface area is 159 Å². The quantitative estimate of drug-likeness (QED) is 0.762. The van der Waals surface area contributed by atoms with Crippen LogP contribution in [-0.2, 0) is 19.0 Å². The Morgan fingerprint density at radius 3 is 2.81 bits per heavy atom. The molecule has 3 heterocycles. The SMILES string of the molecule is CCOC(=O)[C@H]1[C@H](CCC2OCCCO2)NC[C@@H]1c1ccc2c(c1)OCO2. The number of ether oxygens (including phenoxy) is 5. The second-order valence-corrected chi connectivity index (χ2v) is 7.11. The van der Waals surface area contributed by atoms with Crippen LogP contribution in [0.3, 0.4) is 0 Å². The first kappa shape index (κ1) is 18.5. The van der Waals surface area contributed by atoms with Gasteiger partial charge < -0.3 is 29.0 Å². The lowest BCUT2D eigenvalue weighted by molar-refractivity contribution is -0.182. The van der Waals surface area contributed by atoms with E-state index in [0.29, 0.717) is 6.61 Å². The standard InChI is InChI=1S/C20H27NO6/c1-2-23-20(22)19-14(13-4-6-16-17(10-13)27-12-26-16)11-21-15(19)5-7-18-24-8-3-9-25-18/h4,6,10,14-15,18-19,21H,2-3,5,7-9,11-12H2,1H3/t14-,15+,19-/m1/s1. The van der Waals surface area contributed by atoms with Gasteiger partial charge in [0, 0.05) is 18.5 Å². The van der Waals surface area contributed by atoms with Gasteiger partial charge in [0.1, 0.15) is 0 Å². The van der Waals surface area contributed by atoms with Crippen LogP contribution in [-0.4, -0.2) is 51.5 Å². The largest absolute Gasteiger partial charge is 0.466 e. The molecule has 2 fully saturated rings. The molecule has 1 N–H and O–H groups in total. The highest BCUT2D eigenvalue weighted by Gasteiger charge is 2.43. The maximum Gasteiger partial charge on any atom is 0.311 e. The molecule has 0 aliphatic carbocycles. The zero-order chi connectivity index (χ0) is 18.6. The van der Waals surface area contributed by atoms with Crippen LogP contribution < -0.4 is 14.8 Å². The highest BCUT2D eigenvalue weighted by molar-refractivity contribution is 5.75. The molecule has 0 amide bonds. The van der Waals surface area contributed by atoms with Crippen molar-refractivity contribution in [3.05, 3.63) is 23.8 Å². The molecule has 0 saturated carbocycles. The van der Waals surface area contributed by atoms with E-state index in [4.69, 9.17) is 23.7 Å². The Morgan fingerprint density at radius 1 is 1.19 bits per heavy atom. The Kier molecular flexibility index (Phi) is 5.80. The summed E-state index contributed by atoms with van der Waals surface area (Å²) in [7, 11) is 0. The summed E-state index contributed by atoms with van der Waals surface area (Å²) < 4.78 is 27.6. The van der Waals surface area contributed by atoms with Crippen LogP contribution in [0.2, 0.25) is 0 Å². The van der Waals surface area contributed by atoms with Crippen molar-refractivity contribution >= 4 is 5.97 Å². The van der Waals surface area contributed by atoms with Gasteiger partial charge in [-0.1, -0.05) is 6.07 Å². The third kappa shape index (κ3) is 4.05. The summed E-state index contributed by atoms with van der Waals surface area (Å²) in [6, 6.07) is 5.95. The van der Waals surface area contributed by atoms with Gasteiger partial charge in [0.2, 0.25) is 6.79 Å². The fraction of sp³-hybridized carbons (Fsp3) is 0.650. The van der Waals surface area contributed by atoms with Crippen LogP contribution in [0, 0.1) is 5.92 Å². The fourth-order valence-electron chi connectivity index (χ4n) is 4.15. The molecule has 2 saturated heterocycles. The van der Waals surface area contributed by atoms with Crippen molar-refractivity contribution in [3.8, 4) is 11.5 Å². The van der Waals surface area contributed by atoms with Gasteiger partial charge in [0.25, 0.3) is 0 Å². The van der Waals surface area contributed by atoms with E-state index in [0.717, 1.165) is 56.1 Å². The lowest BCUT2D eigenvalue weighted by Gasteiger charge is -2.26. The summed E-state index contributed by atoms with van der Waals surface area (Å²) in [4.78, 5) is 12.7. The minimum atomic E-state index is -0.242. The van der Waals surface area contributed by atoms with Gasteiger partial charge in [-0.15, -0.1) is 0 Å². The smallest absolute Gasteiger partial charge is 0.311 e. The van der Waals surface area contributed by atoms with Gasteiger partial charge in [-0.25, -0.2) is 0 Å². The number of carbonyl (C=O) groups is 1. The Bertz CT molecular complexity index is 660. The van der Waals surface area contributed by atoms with E-state index < -0.39 is 0 Å². The number of fused-ring (bicyclic) bond motifs is 1. The number of carbonyl (C=O) groups excluding carboxylic acids is 1. The topological polar surface area (TPSA) is 75.3 Å². The average molecular weight is 377 g/mol. The van der Waals surface area contributed by atoms with E-state index in [-0.39, 0.29) is 36.9 Å². The number of esters is 1. The van der Waals surface area contributed by atoms with Gasteiger partial charge >= 0.3 is 5.97 Å². The molecule has 3 aliphatic rings. The molecule has 0 aromatic heterocycles. The number of nitrogens with one attached hydrogen (secondary N) is 1.